The van der Waals surface area contributed by atoms with Gasteiger partial charge in [0.2, 0.25) is 0 Å². The quantitative estimate of drug-likeness (QED) is 0.373. The van der Waals surface area contributed by atoms with Crippen molar-refractivity contribution >= 4 is 33.4 Å². The monoisotopic (exact) mass is 354 g/mol. The van der Waals surface area contributed by atoms with Crippen LogP contribution in [-0.4, -0.2) is 11.0 Å². The van der Waals surface area contributed by atoms with E-state index in [1.165, 1.54) is 0 Å². The smallest absolute Gasteiger partial charge is 0.173 e. The maximum absolute atomic E-state index is 8.82. The van der Waals surface area contributed by atoms with Gasteiger partial charge in [-0.25, -0.2) is 0 Å². The Morgan fingerprint density at radius 2 is 2.05 bits per heavy atom. The van der Waals surface area contributed by atoms with Crippen molar-refractivity contribution < 1.29 is 9.94 Å². The molecular weight excluding hydrogens is 344 g/mol. The third kappa shape index (κ3) is 3.23. The van der Waals surface area contributed by atoms with Crippen LogP contribution in [0.5, 0.6) is 11.5 Å². The van der Waals surface area contributed by atoms with Crippen LogP contribution in [0.25, 0.3) is 0 Å². The minimum atomic E-state index is -0.0213. The van der Waals surface area contributed by atoms with Gasteiger partial charge in [-0.15, -0.1) is 0 Å². The van der Waals surface area contributed by atoms with Crippen LogP contribution in [0.3, 0.4) is 0 Å². The van der Waals surface area contributed by atoms with Crippen molar-refractivity contribution in [2.24, 2.45) is 10.9 Å². The molecule has 6 heteroatoms. The van der Waals surface area contributed by atoms with Crippen LogP contribution >= 0.6 is 27.5 Å². The fraction of sp³-hybridized carbons (Fsp3) is 0.0714. The highest BCUT2D eigenvalue weighted by Crippen LogP contribution is 2.30. The molecule has 0 radical (unpaired) electrons. The van der Waals surface area contributed by atoms with Gasteiger partial charge in [0.05, 0.1) is 5.56 Å². The highest BCUT2D eigenvalue weighted by molar-refractivity contribution is 9.10. The number of hydrogen-bond acceptors (Lipinski definition) is 3. The molecule has 2 rings (SSSR count). The second kappa shape index (κ2) is 6.15. The van der Waals surface area contributed by atoms with E-state index in [0.717, 1.165) is 10.0 Å². The lowest BCUT2D eigenvalue weighted by Gasteiger charge is -2.11. The Kier molecular flexibility index (Phi) is 4.52. The van der Waals surface area contributed by atoms with Crippen molar-refractivity contribution in [1.29, 1.82) is 0 Å². The summed E-state index contributed by atoms with van der Waals surface area (Å²) >= 11 is 9.31. The maximum Gasteiger partial charge on any atom is 0.173 e. The van der Waals surface area contributed by atoms with Crippen LogP contribution in [0.4, 0.5) is 0 Å². The molecule has 0 aliphatic heterocycles. The fourth-order valence-electron chi connectivity index (χ4n) is 1.65. The van der Waals surface area contributed by atoms with Gasteiger partial charge in [-0.3, -0.25) is 0 Å². The second-order valence-corrected chi connectivity index (χ2v) is 5.46. The first-order chi connectivity index (χ1) is 9.51. The molecule has 0 spiro atoms. The highest BCUT2D eigenvalue weighted by atomic mass is 79.9. The fourth-order valence-corrected chi connectivity index (χ4v) is 2.13. The molecule has 0 unspecified atom stereocenters. The Morgan fingerprint density at radius 1 is 1.30 bits per heavy atom. The Bertz CT molecular complexity index is 674. The van der Waals surface area contributed by atoms with Crippen LogP contribution in [0.15, 0.2) is 46.0 Å². The van der Waals surface area contributed by atoms with E-state index in [1.54, 1.807) is 24.3 Å². The zero-order chi connectivity index (χ0) is 14.7. The molecule has 0 bridgehead atoms. The SMILES string of the molecule is Cc1cc(Oc2ccc(Br)cc2/C(N)=N/O)ccc1Cl. The second-order valence-electron chi connectivity index (χ2n) is 4.14. The highest BCUT2D eigenvalue weighted by Gasteiger charge is 2.10. The average Bonchev–Trinajstić information content (AvgIpc) is 2.44. The Morgan fingerprint density at radius 3 is 2.70 bits per heavy atom. The molecule has 0 atom stereocenters. The molecule has 0 saturated heterocycles. The van der Waals surface area contributed by atoms with E-state index in [9.17, 15) is 0 Å². The van der Waals surface area contributed by atoms with Gasteiger partial charge < -0.3 is 15.7 Å². The summed E-state index contributed by atoms with van der Waals surface area (Å²) in [5.74, 6) is 1.10. The average molecular weight is 356 g/mol. The van der Waals surface area contributed by atoms with Gasteiger partial charge >= 0.3 is 0 Å². The van der Waals surface area contributed by atoms with Crippen LogP contribution in [-0.2, 0) is 0 Å². The van der Waals surface area contributed by atoms with Gasteiger partial charge in [0.25, 0.3) is 0 Å². The van der Waals surface area contributed by atoms with Gasteiger partial charge in [0, 0.05) is 9.50 Å². The number of nitrogens with two attached hydrogens (primary N) is 1. The number of nitrogens with zero attached hydrogens (tertiary/aromatic N) is 1. The largest absolute Gasteiger partial charge is 0.457 e. The van der Waals surface area contributed by atoms with Crippen LogP contribution in [0.2, 0.25) is 5.02 Å². The first-order valence-corrected chi connectivity index (χ1v) is 6.90. The van der Waals surface area contributed by atoms with Crippen molar-refractivity contribution in [3.05, 3.63) is 57.0 Å². The van der Waals surface area contributed by atoms with Crippen molar-refractivity contribution in [3.8, 4) is 11.5 Å². The molecule has 4 nitrogen and oxygen atoms in total. The van der Waals surface area contributed by atoms with Crippen molar-refractivity contribution in [1.82, 2.24) is 0 Å². The molecule has 0 aliphatic carbocycles. The van der Waals surface area contributed by atoms with E-state index in [0.29, 0.717) is 22.1 Å². The summed E-state index contributed by atoms with van der Waals surface area (Å²) in [6.45, 7) is 1.89. The molecule has 0 fully saturated rings. The summed E-state index contributed by atoms with van der Waals surface area (Å²) < 4.78 is 6.58. The topological polar surface area (TPSA) is 67.8 Å². The van der Waals surface area contributed by atoms with E-state index in [2.05, 4.69) is 21.1 Å². The van der Waals surface area contributed by atoms with Gasteiger partial charge in [-0.2, -0.15) is 0 Å². The number of rotatable bonds is 3. The Labute approximate surface area is 129 Å². The summed E-state index contributed by atoms with van der Waals surface area (Å²) in [5, 5.41) is 12.5. The lowest BCUT2D eigenvalue weighted by Crippen LogP contribution is -2.14. The number of amidine groups is 1. The minimum absolute atomic E-state index is 0.0213. The van der Waals surface area contributed by atoms with Gasteiger partial charge in [-0.05, 0) is 48.9 Å². The number of halogens is 2. The van der Waals surface area contributed by atoms with Gasteiger partial charge in [0.1, 0.15) is 11.5 Å². The van der Waals surface area contributed by atoms with Crippen LogP contribution in [0.1, 0.15) is 11.1 Å². The van der Waals surface area contributed by atoms with Crippen LogP contribution in [0, 0.1) is 6.92 Å². The predicted molar refractivity (Wildman–Crippen MR) is 82.9 cm³/mol. The predicted octanol–water partition coefficient (Wildman–Crippen LogP) is 4.30. The normalized spacial score (nSPS) is 11.4. The number of benzene rings is 2. The summed E-state index contributed by atoms with van der Waals surface area (Å²) in [6.07, 6.45) is 0. The molecular formula is C14H12BrClN2O2. The van der Waals surface area contributed by atoms with Crippen molar-refractivity contribution in [3.63, 3.8) is 0 Å². The summed E-state index contributed by atoms with van der Waals surface area (Å²) in [5.41, 5.74) is 7.05. The Balaban J connectivity index is 2.40. The molecule has 0 amide bonds. The molecule has 2 aromatic carbocycles. The molecule has 0 aliphatic rings. The molecule has 104 valence electrons. The van der Waals surface area contributed by atoms with Gasteiger partial charge in [-0.1, -0.05) is 32.7 Å². The zero-order valence-corrected chi connectivity index (χ0v) is 12.9. The third-order valence-corrected chi connectivity index (χ3v) is 3.60. The first-order valence-electron chi connectivity index (χ1n) is 5.72. The summed E-state index contributed by atoms with van der Waals surface area (Å²) in [6, 6.07) is 10.6. The van der Waals surface area contributed by atoms with E-state index >= 15 is 0 Å². The lowest BCUT2D eigenvalue weighted by molar-refractivity contribution is 0.318. The maximum atomic E-state index is 8.82. The van der Waals surface area contributed by atoms with E-state index in [-0.39, 0.29) is 5.84 Å². The van der Waals surface area contributed by atoms with Gasteiger partial charge in [0.15, 0.2) is 5.84 Å². The summed E-state index contributed by atoms with van der Waals surface area (Å²) in [7, 11) is 0. The number of oxime groups is 1. The number of hydrogen-bond donors (Lipinski definition) is 2. The molecule has 0 heterocycles. The first kappa shape index (κ1) is 14.7. The molecule has 20 heavy (non-hydrogen) atoms. The number of ether oxygens (including phenoxy) is 1. The Hall–Kier alpha value is -1.72. The third-order valence-electron chi connectivity index (χ3n) is 2.68. The molecule has 3 N–H and O–H groups in total. The van der Waals surface area contributed by atoms with Crippen molar-refractivity contribution in [2.45, 2.75) is 6.92 Å². The molecule has 0 aromatic heterocycles. The zero-order valence-electron chi connectivity index (χ0n) is 10.6. The molecule has 2 aromatic rings. The van der Waals surface area contributed by atoms with E-state index in [4.69, 9.17) is 27.3 Å². The van der Waals surface area contributed by atoms with E-state index < -0.39 is 0 Å². The van der Waals surface area contributed by atoms with Crippen LogP contribution < -0.4 is 10.5 Å². The number of aryl methyl sites for hydroxylation is 1. The standard InChI is InChI=1S/C14H12BrClN2O2/c1-8-6-10(3-4-12(8)16)20-13-5-2-9(15)7-11(13)14(17)18-19/h2-7,19H,1H3,(H2,17,18). The minimum Gasteiger partial charge on any atom is -0.457 e. The summed E-state index contributed by atoms with van der Waals surface area (Å²) in [4.78, 5) is 0. The lowest BCUT2D eigenvalue weighted by atomic mass is 10.2. The van der Waals surface area contributed by atoms with E-state index in [1.807, 2.05) is 19.1 Å². The van der Waals surface area contributed by atoms with Crippen molar-refractivity contribution in [2.75, 3.05) is 0 Å². The molecule has 0 saturated carbocycles.